The van der Waals surface area contributed by atoms with Gasteiger partial charge in [-0.15, -0.1) is 0 Å². The summed E-state index contributed by atoms with van der Waals surface area (Å²) in [5.41, 5.74) is 0. The van der Waals surface area contributed by atoms with Crippen LogP contribution in [0.4, 0.5) is 4.79 Å². The molecule has 0 unspecified atom stereocenters. The van der Waals surface area contributed by atoms with Crippen molar-refractivity contribution in [3.63, 3.8) is 0 Å². The number of hydrogen-bond donors (Lipinski definition) is 3. The van der Waals surface area contributed by atoms with Crippen LogP contribution in [0.15, 0.2) is 0 Å². The second-order valence-electron chi connectivity index (χ2n) is 3.34. The van der Waals surface area contributed by atoms with E-state index in [1.807, 2.05) is 0 Å². The Bertz CT molecular complexity index is 208. The summed E-state index contributed by atoms with van der Waals surface area (Å²) in [4.78, 5) is 20.8. The minimum absolute atomic E-state index is 0.0619. The third-order valence-electron chi connectivity index (χ3n) is 2.40. The molecule has 1 aliphatic rings. The Morgan fingerprint density at radius 2 is 1.62 bits per heavy atom. The van der Waals surface area contributed by atoms with E-state index in [1.165, 1.54) is 0 Å². The second kappa shape index (κ2) is 4.11. The van der Waals surface area contributed by atoms with Crippen molar-refractivity contribution in [2.45, 2.75) is 31.7 Å². The lowest BCUT2D eigenvalue weighted by atomic mass is 9.86. The van der Waals surface area contributed by atoms with Gasteiger partial charge in [0, 0.05) is 6.04 Å². The van der Waals surface area contributed by atoms with E-state index >= 15 is 0 Å². The summed E-state index contributed by atoms with van der Waals surface area (Å²) < 4.78 is 0. The second-order valence-corrected chi connectivity index (χ2v) is 3.34. The summed E-state index contributed by atoms with van der Waals surface area (Å²) in [5, 5.41) is 19.4. The van der Waals surface area contributed by atoms with Gasteiger partial charge >= 0.3 is 12.1 Å². The topological polar surface area (TPSA) is 86.6 Å². The third kappa shape index (κ3) is 2.93. The minimum atomic E-state index is -1.03. The van der Waals surface area contributed by atoms with Gasteiger partial charge in [0.05, 0.1) is 5.92 Å². The maximum atomic E-state index is 10.5. The number of carboxylic acid groups (broad SMARTS) is 2. The summed E-state index contributed by atoms with van der Waals surface area (Å²) in [6.07, 6.45) is 1.37. The fourth-order valence-corrected chi connectivity index (χ4v) is 1.66. The van der Waals surface area contributed by atoms with Crippen molar-refractivity contribution in [3.8, 4) is 0 Å². The van der Waals surface area contributed by atoms with Gasteiger partial charge in [-0.1, -0.05) is 0 Å². The lowest BCUT2D eigenvalue weighted by Gasteiger charge is -2.25. The molecule has 0 aromatic rings. The predicted octanol–water partition coefficient (Wildman–Crippen LogP) is 0.897. The van der Waals surface area contributed by atoms with Gasteiger partial charge in [0.1, 0.15) is 0 Å². The van der Waals surface area contributed by atoms with E-state index in [4.69, 9.17) is 10.2 Å². The standard InChI is InChI=1S/C8H13NO4/c10-7(11)5-1-3-6(4-2-5)9-8(12)13/h5-6,9H,1-4H2,(H,10,11)(H,12,13)/t5-,6-. The van der Waals surface area contributed by atoms with Crippen molar-refractivity contribution in [1.82, 2.24) is 5.32 Å². The predicted molar refractivity (Wildman–Crippen MR) is 44.5 cm³/mol. The molecule has 0 radical (unpaired) electrons. The van der Waals surface area contributed by atoms with Crippen LogP contribution in [0.2, 0.25) is 0 Å². The van der Waals surface area contributed by atoms with Crippen LogP contribution >= 0.6 is 0 Å². The van der Waals surface area contributed by atoms with E-state index in [1.54, 1.807) is 0 Å². The third-order valence-corrected chi connectivity index (χ3v) is 2.40. The number of amides is 1. The number of carboxylic acids is 1. The highest BCUT2D eigenvalue weighted by atomic mass is 16.4. The van der Waals surface area contributed by atoms with E-state index < -0.39 is 12.1 Å². The lowest BCUT2D eigenvalue weighted by molar-refractivity contribution is -0.142. The Morgan fingerprint density at radius 3 is 2.00 bits per heavy atom. The Balaban J connectivity index is 2.30. The molecule has 3 N–H and O–H groups in total. The molecule has 1 aliphatic carbocycles. The van der Waals surface area contributed by atoms with Crippen molar-refractivity contribution in [2.75, 3.05) is 0 Å². The zero-order valence-electron chi connectivity index (χ0n) is 7.19. The Kier molecular flexibility index (Phi) is 3.11. The molecule has 13 heavy (non-hydrogen) atoms. The molecule has 0 aliphatic heterocycles. The highest BCUT2D eigenvalue weighted by molar-refractivity contribution is 5.70. The van der Waals surface area contributed by atoms with E-state index in [2.05, 4.69) is 5.32 Å². The van der Waals surface area contributed by atoms with Crippen LogP contribution in [0.1, 0.15) is 25.7 Å². The van der Waals surface area contributed by atoms with Crippen LogP contribution in [-0.4, -0.2) is 28.3 Å². The van der Waals surface area contributed by atoms with Crippen LogP contribution in [0.5, 0.6) is 0 Å². The van der Waals surface area contributed by atoms with Gasteiger partial charge in [-0.05, 0) is 25.7 Å². The van der Waals surface area contributed by atoms with Crippen molar-refractivity contribution < 1.29 is 19.8 Å². The van der Waals surface area contributed by atoms with Crippen LogP contribution in [0.3, 0.4) is 0 Å². The van der Waals surface area contributed by atoms with Crippen molar-refractivity contribution >= 4 is 12.1 Å². The van der Waals surface area contributed by atoms with Crippen molar-refractivity contribution in [3.05, 3.63) is 0 Å². The number of rotatable bonds is 2. The molecule has 1 saturated carbocycles. The molecule has 0 aromatic carbocycles. The van der Waals surface area contributed by atoms with Gasteiger partial charge in [0.2, 0.25) is 0 Å². The summed E-state index contributed by atoms with van der Waals surface area (Å²) in [5.74, 6) is -1.05. The van der Waals surface area contributed by atoms with Gasteiger partial charge in [0.25, 0.3) is 0 Å². The zero-order valence-corrected chi connectivity index (χ0v) is 7.19. The maximum Gasteiger partial charge on any atom is 0.404 e. The summed E-state index contributed by atoms with van der Waals surface area (Å²) in [7, 11) is 0. The Morgan fingerprint density at radius 1 is 1.08 bits per heavy atom. The highest BCUT2D eigenvalue weighted by Crippen LogP contribution is 2.24. The molecule has 0 bridgehead atoms. The molecular formula is C8H13NO4. The number of nitrogens with one attached hydrogen (secondary N) is 1. The molecule has 0 heterocycles. The molecule has 0 aromatic heterocycles. The normalized spacial score (nSPS) is 28.0. The molecular weight excluding hydrogens is 174 g/mol. The first-order valence-electron chi connectivity index (χ1n) is 4.32. The first-order chi connectivity index (χ1) is 6.09. The van der Waals surface area contributed by atoms with Gasteiger partial charge < -0.3 is 15.5 Å². The smallest absolute Gasteiger partial charge is 0.404 e. The largest absolute Gasteiger partial charge is 0.481 e. The molecule has 74 valence electrons. The van der Waals surface area contributed by atoms with Gasteiger partial charge in [-0.25, -0.2) is 4.79 Å². The molecule has 1 amide bonds. The highest BCUT2D eigenvalue weighted by Gasteiger charge is 2.26. The van der Waals surface area contributed by atoms with Crippen LogP contribution < -0.4 is 5.32 Å². The van der Waals surface area contributed by atoms with Gasteiger partial charge in [-0.3, -0.25) is 4.79 Å². The maximum absolute atomic E-state index is 10.5. The monoisotopic (exact) mass is 187 g/mol. The number of carbonyl (C=O) groups is 2. The van der Waals surface area contributed by atoms with Crippen LogP contribution in [0.25, 0.3) is 0 Å². The minimum Gasteiger partial charge on any atom is -0.481 e. The zero-order chi connectivity index (χ0) is 9.84. The lowest BCUT2D eigenvalue weighted by Crippen LogP contribution is -2.37. The molecule has 0 atom stereocenters. The van der Waals surface area contributed by atoms with E-state index in [0.717, 1.165) is 0 Å². The average molecular weight is 187 g/mol. The summed E-state index contributed by atoms with van der Waals surface area (Å²) in [6, 6.07) is -0.0619. The molecule has 5 heteroatoms. The Hall–Kier alpha value is -1.26. The van der Waals surface area contributed by atoms with Crippen molar-refractivity contribution in [1.29, 1.82) is 0 Å². The first-order valence-corrected chi connectivity index (χ1v) is 4.32. The Labute approximate surface area is 75.7 Å². The fourth-order valence-electron chi connectivity index (χ4n) is 1.66. The van der Waals surface area contributed by atoms with Gasteiger partial charge in [0.15, 0.2) is 0 Å². The molecule has 1 fully saturated rings. The van der Waals surface area contributed by atoms with Gasteiger partial charge in [-0.2, -0.15) is 0 Å². The fraction of sp³-hybridized carbons (Fsp3) is 0.750. The molecule has 5 nitrogen and oxygen atoms in total. The number of aliphatic carboxylic acids is 1. The van der Waals surface area contributed by atoms with E-state index in [-0.39, 0.29) is 12.0 Å². The van der Waals surface area contributed by atoms with Crippen LogP contribution in [-0.2, 0) is 4.79 Å². The van der Waals surface area contributed by atoms with E-state index in [0.29, 0.717) is 25.7 Å². The summed E-state index contributed by atoms with van der Waals surface area (Å²) in [6.45, 7) is 0. The first kappa shape index (κ1) is 9.83. The molecule has 0 spiro atoms. The molecule has 0 saturated heterocycles. The average Bonchev–Trinajstić information content (AvgIpc) is 2.04. The van der Waals surface area contributed by atoms with E-state index in [9.17, 15) is 9.59 Å². The molecule has 1 rings (SSSR count). The summed E-state index contributed by atoms with van der Waals surface area (Å²) >= 11 is 0. The SMILES string of the molecule is O=C(O)N[C@H]1CC[C@H](C(=O)O)CC1. The van der Waals surface area contributed by atoms with Crippen LogP contribution in [0, 0.1) is 5.92 Å². The quantitative estimate of drug-likeness (QED) is 0.599. The number of hydrogen-bond acceptors (Lipinski definition) is 2. The van der Waals surface area contributed by atoms with Crippen molar-refractivity contribution in [2.24, 2.45) is 5.92 Å².